The molecule has 1 aromatic heterocycles. The van der Waals surface area contributed by atoms with Gasteiger partial charge in [0, 0.05) is 10.9 Å². The molecule has 22 heavy (non-hydrogen) atoms. The molecule has 1 fully saturated rings. The summed E-state index contributed by atoms with van der Waals surface area (Å²) in [5, 5.41) is 3.48. The number of thiophene rings is 1. The molecule has 122 valence electrons. The Labute approximate surface area is 135 Å². The van der Waals surface area contributed by atoms with Crippen LogP contribution >= 0.6 is 11.3 Å². The van der Waals surface area contributed by atoms with Crippen molar-refractivity contribution in [1.82, 2.24) is 4.90 Å². The fourth-order valence-electron chi connectivity index (χ4n) is 2.71. The minimum Gasteiger partial charge on any atom is -0.465 e. The molecule has 1 aromatic rings. The zero-order valence-electron chi connectivity index (χ0n) is 13.5. The van der Waals surface area contributed by atoms with E-state index in [-0.39, 0.29) is 5.91 Å². The summed E-state index contributed by atoms with van der Waals surface area (Å²) in [7, 11) is 1.35. The number of piperidine rings is 1. The predicted molar refractivity (Wildman–Crippen MR) is 88.6 cm³/mol. The largest absolute Gasteiger partial charge is 0.465 e. The van der Waals surface area contributed by atoms with Crippen LogP contribution in [0.5, 0.6) is 0 Å². The molecular formula is C16H24N2O3S. The average molecular weight is 324 g/mol. The topological polar surface area (TPSA) is 58.6 Å². The van der Waals surface area contributed by atoms with Crippen LogP contribution in [-0.2, 0) is 16.0 Å². The molecule has 0 radical (unpaired) electrons. The first-order valence-electron chi connectivity index (χ1n) is 7.80. The number of likely N-dealkylation sites (tertiary alicyclic amines) is 1. The third-order valence-electron chi connectivity index (χ3n) is 4.08. The maximum Gasteiger partial charge on any atom is 0.340 e. The van der Waals surface area contributed by atoms with E-state index in [1.54, 1.807) is 6.07 Å². The van der Waals surface area contributed by atoms with Crippen molar-refractivity contribution in [3.63, 3.8) is 0 Å². The highest BCUT2D eigenvalue weighted by atomic mass is 32.1. The maximum absolute atomic E-state index is 12.3. The van der Waals surface area contributed by atoms with Gasteiger partial charge in [0.2, 0.25) is 5.91 Å². The minimum atomic E-state index is -0.405. The lowest BCUT2D eigenvalue weighted by molar-refractivity contribution is -0.118. The summed E-state index contributed by atoms with van der Waals surface area (Å²) < 4.78 is 4.79. The number of amides is 1. The van der Waals surface area contributed by atoms with Gasteiger partial charge in [0.05, 0.1) is 19.2 Å². The van der Waals surface area contributed by atoms with Crippen LogP contribution in [0.1, 0.15) is 48.3 Å². The summed E-state index contributed by atoms with van der Waals surface area (Å²) in [4.78, 5) is 27.4. The monoisotopic (exact) mass is 324 g/mol. The molecule has 1 aliphatic rings. The van der Waals surface area contributed by atoms with Crippen molar-refractivity contribution in [3.8, 4) is 0 Å². The first-order valence-corrected chi connectivity index (χ1v) is 8.61. The van der Waals surface area contributed by atoms with E-state index in [4.69, 9.17) is 4.74 Å². The fraction of sp³-hybridized carbons (Fsp3) is 0.625. The highest BCUT2D eigenvalue weighted by Gasteiger charge is 2.22. The lowest BCUT2D eigenvalue weighted by Gasteiger charge is -2.32. The Bertz CT molecular complexity index is 541. The van der Waals surface area contributed by atoms with Gasteiger partial charge < -0.3 is 10.1 Å². The SMILES string of the molecule is CCc1cc(C(=O)OC)c(NC(=O)CN2CCCCC2C)s1. The molecule has 5 nitrogen and oxygen atoms in total. The van der Waals surface area contributed by atoms with Crippen molar-refractivity contribution in [2.75, 3.05) is 25.5 Å². The number of esters is 1. The molecule has 6 heteroatoms. The van der Waals surface area contributed by atoms with Crippen LogP contribution in [0.15, 0.2) is 6.07 Å². The molecule has 0 aliphatic carbocycles. The molecule has 0 saturated carbocycles. The van der Waals surface area contributed by atoms with Gasteiger partial charge >= 0.3 is 5.97 Å². The van der Waals surface area contributed by atoms with Crippen molar-refractivity contribution in [1.29, 1.82) is 0 Å². The lowest BCUT2D eigenvalue weighted by atomic mass is 10.0. The zero-order chi connectivity index (χ0) is 16.1. The third kappa shape index (κ3) is 4.08. The molecule has 0 bridgehead atoms. The summed E-state index contributed by atoms with van der Waals surface area (Å²) in [5.74, 6) is -0.471. The predicted octanol–water partition coefficient (Wildman–Crippen LogP) is 2.91. The van der Waals surface area contributed by atoms with Gasteiger partial charge in [-0.15, -0.1) is 11.3 Å². The normalized spacial score (nSPS) is 19.0. The molecule has 1 amide bonds. The van der Waals surface area contributed by atoms with E-state index in [0.29, 0.717) is 23.2 Å². The van der Waals surface area contributed by atoms with E-state index in [2.05, 4.69) is 17.1 Å². The lowest BCUT2D eigenvalue weighted by Crippen LogP contribution is -2.42. The minimum absolute atomic E-state index is 0.0663. The highest BCUT2D eigenvalue weighted by molar-refractivity contribution is 7.16. The number of nitrogens with zero attached hydrogens (tertiary/aromatic N) is 1. The summed E-state index contributed by atoms with van der Waals surface area (Å²) in [6.45, 7) is 5.52. The Kier molecular flexibility index (Phi) is 5.97. The molecule has 1 atom stereocenters. The van der Waals surface area contributed by atoms with Gasteiger partial charge in [-0.05, 0) is 38.8 Å². The van der Waals surface area contributed by atoms with Gasteiger partial charge in [0.15, 0.2) is 0 Å². The molecule has 0 spiro atoms. The van der Waals surface area contributed by atoms with Crippen molar-refractivity contribution < 1.29 is 14.3 Å². The molecule has 0 aromatic carbocycles. The molecule has 1 N–H and O–H groups in total. The molecule has 1 saturated heterocycles. The van der Waals surface area contributed by atoms with Gasteiger partial charge in [0.1, 0.15) is 5.00 Å². The standard InChI is InChI=1S/C16H24N2O3S/c1-4-12-9-13(16(20)21-3)15(22-12)17-14(19)10-18-8-6-5-7-11(18)2/h9,11H,4-8,10H2,1-3H3,(H,17,19). The Balaban J connectivity index is 2.04. The van der Waals surface area contributed by atoms with Crippen LogP contribution < -0.4 is 5.32 Å². The molecule has 2 heterocycles. The van der Waals surface area contributed by atoms with E-state index in [1.807, 2.05) is 6.92 Å². The first-order chi connectivity index (χ1) is 10.5. The number of ether oxygens (including phenoxy) is 1. The quantitative estimate of drug-likeness (QED) is 0.846. The van der Waals surface area contributed by atoms with Crippen molar-refractivity contribution in [2.45, 2.75) is 45.6 Å². The van der Waals surface area contributed by atoms with Gasteiger partial charge in [-0.3, -0.25) is 9.69 Å². The van der Waals surface area contributed by atoms with Crippen LogP contribution in [0.25, 0.3) is 0 Å². The number of carbonyl (C=O) groups excluding carboxylic acids is 2. The Morgan fingerprint density at radius 3 is 2.86 bits per heavy atom. The molecule has 2 rings (SSSR count). The van der Waals surface area contributed by atoms with Gasteiger partial charge in [0.25, 0.3) is 0 Å². The van der Waals surface area contributed by atoms with Crippen molar-refractivity contribution in [3.05, 3.63) is 16.5 Å². The number of hydrogen-bond acceptors (Lipinski definition) is 5. The highest BCUT2D eigenvalue weighted by Crippen LogP contribution is 2.29. The number of rotatable bonds is 5. The number of methoxy groups -OCH3 is 1. The van der Waals surface area contributed by atoms with E-state index in [1.165, 1.54) is 24.9 Å². The summed E-state index contributed by atoms with van der Waals surface area (Å²) in [6.07, 6.45) is 4.34. The third-order valence-corrected chi connectivity index (χ3v) is 5.27. The van der Waals surface area contributed by atoms with Crippen LogP contribution in [0.3, 0.4) is 0 Å². The van der Waals surface area contributed by atoms with Gasteiger partial charge in [-0.25, -0.2) is 4.79 Å². The maximum atomic E-state index is 12.3. The van der Waals surface area contributed by atoms with E-state index in [0.717, 1.165) is 30.7 Å². The first kappa shape index (κ1) is 17.0. The van der Waals surface area contributed by atoms with Gasteiger partial charge in [-0.1, -0.05) is 13.3 Å². The average Bonchev–Trinajstić information content (AvgIpc) is 2.91. The van der Waals surface area contributed by atoms with Gasteiger partial charge in [-0.2, -0.15) is 0 Å². The van der Waals surface area contributed by atoms with Crippen LogP contribution in [0.2, 0.25) is 0 Å². The van der Waals surface area contributed by atoms with Crippen molar-refractivity contribution in [2.24, 2.45) is 0 Å². The number of anilines is 1. The second kappa shape index (κ2) is 7.74. The molecule has 1 aliphatic heterocycles. The second-order valence-corrected chi connectivity index (χ2v) is 6.80. The molecular weight excluding hydrogens is 300 g/mol. The van der Waals surface area contributed by atoms with E-state index >= 15 is 0 Å². The Hall–Kier alpha value is -1.40. The van der Waals surface area contributed by atoms with Crippen LogP contribution in [0.4, 0.5) is 5.00 Å². The number of aryl methyl sites for hydroxylation is 1. The Morgan fingerprint density at radius 2 is 2.23 bits per heavy atom. The summed E-state index contributed by atoms with van der Waals surface area (Å²) in [6, 6.07) is 2.24. The second-order valence-electron chi connectivity index (χ2n) is 5.66. The van der Waals surface area contributed by atoms with E-state index < -0.39 is 5.97 Å². The number of nitrogens with one attached hydrogen (secondary N) is 1. The smallest absolute Gasteiger partial charge is 0.340 e. The van der Waals surface area contributed by atoms with E-state index in [9.17, 15) is 9.59 Å². The molecule has 1 unspecified atom stereocenters. The summed E-state index contributed by atoms with van der Waals surface area (Å²) >= 11 is 1.44. The van der Waals surface area contributed by atoms with Crippen molar-refractivity contribution >= 4 is 28.2 Å². The fourth-order valence-corrected chi connectivity index (χ4v) is 3.71. The van der Waals surface area contributed by atoms with Crippen LogP contribution in [-0.4, -0.2) is 43.0 Å². The van der Waals surface area contributed by atoms with Crippen LogP contribution in [0, 0.1) is 0 Å². The zero-order valence-corrected chi connectivity index (χ0v) is 14.3. The number of hydrogen-bond donors (Lipinski definition) is 1. The Morgan fingerprint density at radius 1 is 1.45 bits per heavy atom. The summed E-state index contributed by atoms with van der Waals surface area (Å²) in [5.41, 5.74) is 0.449. The number of carbonyl (C=O) groups is 2.